The summed E-state index contributed by atoms with van der Waals surface area (Å²) in [7, 11) is 1.95. The molecule has 0 aliphatic heterocycles. The van der Waals surface area contributed by atoms with E-state index in [0.29, 0.717) is 6.04 Å². The lowest BCUT2D eigenvalue weighted by molar-refractivity contribution is 0.302. The van der Waals surface area contributed by atoms with Gasteiger partial charge in [-0.05, 0) is 43.5 Å². The van der Waals surface area contributed by atoms with Crippen molar-refractivity contribution in [3.05, 3.63) is 35.4 Å². The maximum absolute atomic E-state index is 13.2. The second-order valence-electron chi connectivity index (χ2n) is 5.68. The Bertz CT molecular complexity index is 400. The summed E-state index contributed by atoms with van der Waals surface area (Å²) in [5, 5.41) is 3.32. The van der Waals surface area contributed by atoms with Crippen molar-refractivity contribution < 1.29 is 8.78 Å². The lowest BCUT2D eigenvalue weighted by Crippen LogP contribution is -2.30. The van der Waals surface area contributed by atoms with Crippen molar-refractivity contribution in [1.29, 1.82) is 0 Å². The molecule has 1 nitrogen and oxygen atoms in total. The third-order valence-corrected chi connectivity index (χ3v) is 4.22. The molecule has 19 heavy (non-hydrogen) atoms. The van der Waals surface area contributed by atoms with Crippen molar-refractivity contribution >= 4 is 0 Å². The van der Waals surface area contributed by atoms with Crippen molar-refractivity contribution in [2.75, 3.05) is 7.05 Å². The van der Waals surface area contributed by atoms with E-state index in [1.54, 1.807) is 6.07 Å². The van der Waals surface area contributed by atoms with Crippen LogP contribution in [0.1, 0.15) is 44.1 Å². The highest BCUT2D eigenvalue weighted by molar-refractivity contribution is 5.18. The van der Waals surface area contributed by atoms with Gasteiger partial charge in [-0.15, -0.1) is 0 Å². The molecule has 106 valence electrons. The molecule has 1 aliphatic rings. The zero-order valence-electron chi connectivity index (χ0n) is 11.6. The molecule has 1 fully saturated rings. The van der Waals surface area contributed by atoms with E-state index >= 15 is 0 Å². The Kier molecular flexibility index (Phi) is 5.32. The third kappa shape index (κ3) is 4.27. The van der Waals surface area contributed by atoms with Gasteiger partial charge in [0.05, 0.1) is 0 Å². The molecule has 0 radical (unpaired) electrons. The Morgan fingerprint density at radius 1 is 1.16 bits per heavy atom. The quantitative estimate of drug-likeness (QED) is 0.848. The number of rotatable bonds is 5. The molecule has 1 aromatic carbocycles. The first-order valence-electron chi connectivity index (χ1n) is 7.30. The van der Waals surface area contributed by atoms with Gasteiger partial charge >= 0.3 is 0 Å². The van der Waals surface area contributed by atoms with Crippen molar-refractivity contribution in [3.8, 4) is 0 Å². The zero-order valence-corrected chi connectivity index (χ0v) is 11.6. The van der Waals surface area contributed by atoms with Crippen LogP contribution in [-0.2, 0) is 6.42 Å². The predicted molar refractivity (Wildman–Crippen MR) is 74.1 cm³/mol. The number of halogens is 2. The fourth-order valence-electron chi connectivity index (χ4n) is 3.08. The van der Waals surface area contributed by atoms with Gasteiger partial charge in [-0.3, -0.25) is 0 Å². The monoisotopic (exact) mass is 267 g/mol. The number of nitrogens with one attached hydrogen (secondary N) is 1. The molecule has 0 spiro atoms. The van der Waals surface area contributed by atoms with E-state index < -0.39 is 11.6 Å². The van der Waals surface area contributed by atoms with E-state index in [2.05, 4.69) is 5.32 Å². The molecule has 1 aromatic rings. The molecule has 0 amide bonds. The molecule has 0 saturated heterocycles. The summed E-state index contributed by atoms with van der Waals surface area (Å²) >= 11 is 0. The highest BCUT2D eigenvalue weighted by atomic mass is 19.2. The number of hydrogen-bond acceptors (Lipinski definition) is 1. The van der Waals surface area contributed by atoms with Crippen molar-refractivity contribution in [2.45, 2.75) is 51.0 Å². The van der Waals surface area contributed by atoms with Gasteiger partial charge in [-0.1, -0.05) is 38.2 Å². The minimum Gasteiger partial charge on any atom is -0.317 e. The van der Waals surface area contributed by atoms with Crippen molar-refractivity contribution in [3.63, 3.8) is 0 Å². The van der Waals surface area contributed by atoms with Crippen molar-refractivity contribution in [1.82, 2.24) is 5.32 Å². The summed E-state index contributed by atoms with van der Waals surface area (Å²) in [5.74, 6) is -0.724. The molecule has 2 rings (SSSR count). The molecule has 1 atom stereocenters. The summed E-state index contributed by atoms with van der Waals surface area (Å²) in [5.41, 5.74) is 0.869. The first kappa shape index (κ1) is 14.4. The first-order chi connectivity index (χ1) is 9.19. The normalized spacial score (nSPS) is 18.5. The Labute approximate surface area is 114 Å². The van der Waals surface area contributed by atoms with Gasteiger partial charge in [0, 0.05) is 6.04 Å². The Morgan fingerprint density at radius 3 is 2.53 bits per heavy atom. The Hall–Kier alpha value is -0.960. The average Bonchev–Trinajstić information content (AvgIpc) is 2.43. The summed E-state index contributed by atoms with van der Waals surface area (Å²) in [4.78, 5) is 0. The summed E-state index contributed by atoms with van der Waals surface area (Å²) < 4.78 is 26.1. The predicted octanol–water partition coefficient (Wildman–Crippen LogP) is 4.07. The molecule has 3 heteroatoms. The van der Waals surface area contributed by atoms with E-state index in [1.165, 1.54) is 44.2 Å². The van der Waals surface area contributed by atoms with Crippen LogP contribution in [-0.4, -0.2) is 13.1 Å². The lowest BCUT2D eigenvalue weighted by atomic mass is 9.83. The summed E-state index contributed by atoms with van der Waals surface area (Å²) in [6.07, 6.45) is 8.58. The first-order valence-corrected chi connectivity index (χ1v) is 7.30. The van der Waals surface area contributed by atoms with E-state index in [0.717, 1.165) is 24.3 Å². The maximum atomic E-state index is 13.2. The largest absolute Gasteiger partial charge is 0.317 e. The van der Waals surface area contributed by atoms with E-state index in [4.69, 9.17) is 0 Å². The van der Waals surface area contributed by atoms with Crippen LogP contribution < -0.4 is 5.32 Å². The highest BCUT2D eigenvalue weighted by Gasteiger charge is 2.18. The maximum Gasteiger partial charge on any atom is 0.159 e. The van der Waals surface area contributed by atoms with Crippen LogP contribution in [0.3, 0.4) is 0 Å². The Morgan fingerprint density at radius 2 is 1.89 bits per heavy atom. The smallest absolute Gasteiger partial charge is 0.159 e. The number of benzene rings is 1. The lowest BCUT2D eigenvalue weighted by Gasteiger charge is -2.26. The Balaban J connectivity index is 1.92. The minimum absolute atomic E-state index is 0.355. The fourth-order valence-corrected chi connectivity index (χ4v) is 3.08. The fraction of sp³-hybridized carbons (Fsp3) is 0.625. The standard InChI is InChI=1S/C16H23F2N/c1-19-14(9-12-5-3-2-4-6-12)10-13-7-8-15(17)16(18)11-13/h7-8,11-12,14,19H,2-6,9-10H2,1H3. The SMILES string of the molecule is CNC(Cc1ccc(F)c(F)c1)CC1CCCCC1. The topological polar surface area (TPSA) is 12.0 Å². The number of likely N-dealkylation sites (N-methyl/N-ethyl adjacent to an activating group) is 1. The molecule has 0 aromatic heterocycles. The zero-order chi connectivity index (χ0) is 13.7. The second-order valence-corrected chi connectivity index (χ2v) is 5.68. The van der Waals surface area contributed by atoms with Crippen LogP contribution in [0.5, 0.6) is 0 Å². The summed E-state index contributed by atoms with van der Waals surface area (Å²) in [6, 6.07) is 4.58. The van der Waals surface area contributed by atoms with E-state index in [9.17, 15) is 8.78 Å². The van der Waals surface area contributed by atoms with Gasteiger partial charge in [0.25, 0.3) is 0 Å². The molecular formula is C16H23F2N. The summed E-state index contributed by atoms with van der Waals surface area (Å²) in [6.45, 7) is 0. The van der Waals surface area contributed by atoms with Crippen LogP contribution in [0.4, 0.5) is 8.78 Å². The number of hydrogen-bond donors (Lipinski definition) is 1. The molecule has 0 heterocycles. The molecule has 1 N–H and O–H groups in total. The van der Waals surface area contributed by atoms with Gasteiger partial charge in [-0.2, -0.15) is 0 Å². The van der Waals surface area contributed by atoms with Gasteiger partial charge in [0.1, 0.15) is 0 Å². The van der Waals surface area contributed by atoms with Crippen molar-refractivity contribution in [2.24, 2.45) is 5.92 Å². The molecular weight excluding hydrogens is 244 g/mol. The van der Waals surface area contributed by atoms with Crippen LogP contribution >= 0.6 is 0 Å². The molecule has 1 unspecified atom stereocenters. The van der Waals surface area contributed by atoms with Crippen LogP contribution in [0, 0.1) is 17.6 Å². The van der Waals surface area contributed by atoms with Crippen LogP contribution in [0.15, 0.2) is 18.2 Å². The van der Waals surface area contributed by atoms with Gasteiger partial charge in [0.2, 0.25) is 0 Å². The van der Waals surface area contributed by atoms with E-state index in [-0.39, 0.29) is 0 Å². The highest BCUT2D eigenvalue weighted by Crippen LogP contribution is 2.28. The van der Waals surface area contributed by atoms with Gasteiger partial charge in [-0.25, -0.2) is 8.78 Å². The molecule has 0 bridgehead atoms. The van der Waals surface area contributed by atoms with Gasteiger partial charge in [0.15, 0.2) is 11.6 Å². The van der Waals surface area contributed by atoms with Crippen LogP contribution in [0.25, 0.3) is 0 Å². The minimum atomic E-state index is -0.767. The van der Waals surface area contributed by atoms with Crippen LogP contribution in [0.2, 0.25) is 0 Å². The molecule has 1 aliphatic carbocycles. The third-order valence-electron chi connectivity index (χ3n) is 4.22. The molecule has 1 saturated carbocycles. The average molecular weight is 267 g/mol. The van der Waals surface area contributed by atoms with E-state index in [1.807, 2.05) is 7.05 Å². The second kappa shape index (κ2) is 6.99. The van der Waals surface area contributed by atoms with Gasteiger partial charge < -0.3 is 5.32 Å².